The smallest absolute Gasteiger partial charge is 0.317 e. The van der Waals surface area contributed by atoms with Crippen LogP contribution in [-0.2, 0) is 0 Å². The second-order valence-corrected chi connectivity index (χ2v) is 8.25. The number of amides is 2. The average Bonchev–Trinajstić information content (AvgIpc) is 3.30. The second kappa shape index (κ2) is 7.87. The SMILES string of the molecule is O=C(NCC1(COc2ccccc2)CC1)N1CC[C@H](N2CCCCC2)C1. The normalized spacial score (nSPS) is 25.1. The molecule has 2 amide bonds. The van der Waals surface area contributed by atoms with E-state index in [4.69, 9.17) is 4.74 Å². The van der Waals surface area contributed by atoms with Crippen LogP contribution in [0.1, 0.15) is 38.5 Å². The van der Waals surface area contributed by atoms with Crippen molar-refractivity contribution in [1.29, 1.82) is 0 Å². The van der Waals surface area contributed by atoms with Gasteiger partial charge in [-0.15, -0.1) is 0 Å². The molecule has 4 rings (SSSR count). The van der Waals surface area contributed by atoms with Gasteiger partial charge in [0.15, 0.2) is 0 Å². The average molecular weight is 357 g/mol. The Balaban J connectivity index is 1.20. The van der Waals surface area contributed by atoms with Crippen molar-refractivity contribution in [3.05, 3.63) is 30.3 Å². The molecule has 142 valence electrons. The topological polar surface area (TPSA) is 44.8 Å². The van der Waals surface area contributed by atoms with Crippen molar-refractivity contribution >= 4 is 6.03 Å². The zero-order chi connectivity index (χ0) is 17.8. The molecule has 0 spiro atoms. The van der Waals surface area contributed by atoms with Crippen molar-refractivity contribution in [1.82, 2.24) is 15.1 Å². The van der Waals surface area contributed by atoms with E-state index < -0.39 is 0 Å². The zero-order valence-corrected chi connectivity index (χ0v) is 15.7. The van der Waals surface area contributed by atoms with Gasteiger partial charge in [0.2, 0.25) is 0 Å². The molecule has 1 aromatic rings. The monoisotopic (exact) mass is 357 g/mol. The number of ether oxygens (including phenoxy) is 1. The molecule has 3 fully saturated rings. The molecule has 1 aliphatic carbocycles. The molecular weight excluding hydrogens is 326 g/mol. The lowest BCUT2D eigenvalue weighted by Crippen LogP contribution is -2.45. The predicted molar refractivity (Wildman–Crippen MR) is 102 cm³/mol. The molecule has 0 unspecified atom stereocenters. The van der Waals surface area contributed by atoms with Crippen molar-refractivity contribution in [3.8, 4) is 5.75 Å². The van der Waals surface area contributed by atoms with Crippen LogP contribution in [0.25, 0.3) is 0 Å². The van der Waals surface area contributed by atoms with Gasteiger partial charge >= 0.3 is 6.03 Å². The molecule has 1 N–H and O–H groups in total. The molecule has 2 heterocycles. The van der Waals surface area contributed by atoms with Crippen LogP contribution in [0.5, 0.6) is 5.75 Å². The first-order valence-corrected chi connectivity index (χ1v) is 10.2. The van der Waals surface area contributed by atoms with E-state index in [-0.39, 0.29) is 11.4 Å². The van der Waals surface area contributed by atoms with E-state index in [9.17, 15) is 4.79 Å². The first-order chi connectivity index (χ1) is 12.7. The first-order valence-electron chi connectivity index (χ1n) is 10.2. The molecule has 2 saturated heterocycles. The molecule has 2 aliphatic heterocycles. The largest absolute Gasteiger partial charge is 0.493 e. The van der Waals surface area contributed by atoms with Crippen LogP contribution >= 0.6 is 0 Å². The highest BCUT2D eigenvalue weighted by Gasteiger charge is 2.44. The van der Waals surface area contributed by atoms with Gasteiger partial charge in [0, 0.05) is 31.1 Å². The summed E-state index contributed by atoms with van der Waals surface area (Å²) < 4.78 is 5.92. The summed E-state index contributed by atoms with van der Waals surface area (Å²) in [7, 11) is 0. The third-order valence-corrected chi connectivity index (χ3v) is 6.22. The molecule has 1 atom stereocenters. The molecular formula is C21H31N3O2. The molecule has 3 aliphatic rings. The van der Waals surface area contributed by atoms with Gasteiger partial charge in [-0.25, -0.2) is 4.79 Å². The van der Waals surface area contributed by atoms with Gasteiger partial charge in [0.25, 0.3) is 0 Å². The van der Waals surface area contributed by atoms with Crippen LogP contribution in [0.3, 0.4) is 0 Å². The quantitative estimate of drug-likeness (QED) is 0.851. The van der Waals surface area contributed by atoms with E-state index in [0.29, 0.717) is 12.6 Å². The van der Waals surface area contributed by atoms with Gasteiger partial charge in [-0.2, -0.15) is 0 Å². The number of nitrogens with one attached hydrogen (secondary N) is 1. The van der Waals surface area contributed by atoms with E-state index in [2.05, 4.69) is 10.2 Å². The minimum absolute atomic E-state index is 0.107. The summed E-state index contributed by atoms with van der Waals surface area (Å²) in [5.41, 5.74) is 0.136. The molecule has 1 aromatic carbocycles. The van der Waals surface area contributed by atoms with Crippen LogP contribution in [0, 0.1) is 5.41 Å². The lowest BCUT2D eigenvalue weighted by atomic mass is 10.1. The number of nitrogens with zero attached hydrogens (tertiary/aromatic N) is 2. The summed E-state index contributed by atoms with van der Waals surface area (Å²) in [5.74, 6) is 0.911. The number of hydrogen-bond acceptors (Lipinski definition) is 3. The number of piperidine rings is 1. The van der Waals surface area contributed by atoms with Gasteiger partial charge in [-0.1, -0.05) is 24.6 Å². The molecule has 0 aromatic heterocycles. The maximum absolute atomic E-state index is 12.6. The first kappa shape index (κ1) is 17.7. The summed E-state index contributed by atoms with van der Waals surface area (Å²) in [4.78, 5) is 17.2. The molecule has 5 heteroatoms. The summed E-state index contributed by atoms with van der Waals surface area (Å²) in [5, 5.41) is 3.18. The lowest BCUT2D eigenvalue weighted by molar-refractivity contribution is 0.160. The Morgan fingerprint density at radius 2 is 1.88 bits per heavy atom. The van der Waals surface area contributed by atoms with Gasteiger partial charge in [-0.05, 0) is 57.3 Å². The minimum atomic E-state index is 0.107. The van der Waals surface area contributed by atoms with Gasteiger partial charge in [0.05, 0.1) is 6.61 Å². The summed E-state index contributed by atoms with van der Waals surface area (Å²) in [6.45, 7) is 5.61. The van der Waals surface area contributed by atoms with Crippen LogP contribution in [0.15, 0.2) is 30.3 Å². The van der Waals surface area contributed by atoms with Crippen molar-refractivity contribution in [2.45, 2.75) is 44.6 Å². The van der Waals surface area contributed by atoms with Crippen LogP contribution < -0.4 is 10.1 Å². The van der Waals surface area contributed by atoms with Crippen molar-refractivity contribution in [3.63, 3.8) is 0 Å². The highest BCUT2D eigenvalue weighted by Crippen LogP contribution is 2.45. The predicted octanol–water partition coefficient (Wildman–Crippen LogP) is 3.12. The number of likely N-dealkylation sites (tertiary alicyclic amines) is 2. The van der Waals surface area contributed by atoms with Crippen LogP contribution in [0.2, 0.25) is 0 Å². The Labute approximate surface area is 156 Å². The Morgan fingerprint density at radius 1 is 1.12 bits per heavy atom. The molecule has 0 radical (unpaired) electrons. The summed E-state index contributed by atoms with van der Waals surface area (Å²) in [6, 6.07) is 10.6. The molecule has 5 nitrogen and oxygen atoms in total. The van der Waals surface area contributed by atoms with E-state index >= 15 is 0 Å². The number of hydrogen-bond donors (Lipinski definition) is 1. The maximum atomic E-state index is 12.6. The van der Waals surface area contributed by atoms with Crippen LogP contribution in [0.4, 0.5) is 4.79 Å². The standard InChI is InChI=1S/C21H31N3O2/c25-20(24-14-9-18(15-24)23-12-5-2-6-13-23)22-16-21(10-11-21)17-26-19-7-3-1-4-8-19/h1,3-4,7-8,18H,2,5-6,9-17H2,(H,22,25)/t18-/m0/s1. The number of carbonyl (C=O) groups excluding carboxylic acids is 1. The Bertz CT molecular complexity index is 597. The Morgan fingerprint density at radius 3 is 2.62 bits per heavy atom. The maximum Gasteiger partial charge on any atom is 0.317 e. The second-order valence-electron chi connectivity index (χ2n) is 8.25. The van der Waals surface area contributed by atoms with Crippen LogP contribution in [-0.4, -0.2) is 61.2 Å². The highest BCUT2D eigenvalue weighted by atomic mass is 16.5. The molecule has 1 saturated carbocycles. The Kier molecular flexibility index (Phi) is 5.34. The fourth-order valence-electron chi connectivity index (χ4n) is 4.18. The van der Waals surface area contributed by atoms with E-state index in [1.165, 1.54) is 32.4 Å². The third-order valence-electron chi connectivity index (χ3n) is 6.22. The fourth-order valence-corrected chi connectivity index (χ4v) is 4.18. The molecule has 26 heavy (non-hydrogen) atoms. The zero-order valence-electron chi connectivity index (χ0n) is 15.7. The van der Waals surface area contributed by atoms with Crippen molar-refractivity contribution < 1.29 is 9.53 Å². The van der Waals surface area contributed by atoms with Gasteiger partial charge < -0.3 is 15.0 Å². The van der Waals surface area contributed by atoms with E-state index in [1.807, 2.05) is 35.2 Å². The fraction of sp³-hybridized carbons (Fsp3) is 0.667. The number of benzene rings is 1. The minimum Gasteiger partial charge on any atom is -0.493 e. The highest BCUT2D eigenvalue weighted by molar-refractivity contribution is 5.74. The summed E-state index contributed by atoms with van der Waals surface area (Å²) in [6.07, 6.45) is 7.38. The van der Waals surface area contributed by atoms with Gasteiger partial charge in [-0.3, -0.25) is 4.90 Å². The molecule has 0 bridgehead atoms. The third kappa shape index (κ3) is 4.32. The summed E-state index contributed by atoms with van der Waals surface area (Å²) >= 11 is 0. The van der Waals surface area contributed by atoms with Crippen molar-refractivity contribution in [2.75, 3.05) is 39.3 Å². The Hall–Kier alpha value is -1.75. The van der Waals surface area contributed by atoms with Crippen molar-refractivity contribution in [2.24, 2.45) is 5.41 Å². The number of para-hydroxylation sites is 1. The number of carbonyl (C=O) groups is 1. The number of urea groups is 1. The van der Waals surface area contributed by atoms with E-state index in [0.717, 1.165) is 44.6 Å². The lowest BCUT2D eigenvalue weighted by Gasteiger charge is -2.32. The van der Waals surface area contributed by atoms with Gasteiger partial charge in [0.1, 0.15) is 5.75 Å². The van der Waals surface area contributed by atoms with E-state index in [1.54, 1.807) is 0 Å². The number of rotatable bonds is 6.